The summed E-state index contributed by atoms with van der Waals surface area (Å²) in [6, 6.07) is 0. The monoisotopic (exact) mass is 279 g/mol. The molecule has 5 nitrogen and oxygen atoms in total. The zero-order valence-electron chi connectivity index (χ0n) is 10.1. The average molecular weight is 280 g/mol. The number of hydrogen-bond donors (Lipinski definition) is 1. The molecule has 1 aromatic heterocycles. The van der Waals surface area contributed by atoms with E-state index in [9.17, 15) is 0 Å². The molecule has 0 aromatic carbocycles. The summed E-state index contributed by atoms with van der Waals surface area (Å²) in [6.45, 7) is 4.05. The van der Waals surface area contributed by atoms with E-state index in [0.29, 0.717) is 0 Å². The number of halogens is 2. The fourth-order valence-electron chi connectivity index (χ4n) is 1.61. The third-order valence-corrected chi connectivity index (χ3v) is 2.51. The quantitative estimate of drug-likeness (QED) is 0.868. The van der Waals surface area contributed by atoms with E-state index < -0.39 is 0 Å². The first-order chi connectivity index (χ1) is 7.27. The van der Waals surface area contributed by atoms with Crippen LogP contribution in [0.4, 0.5) is 11.6 Å². The average Bonchev–Trinajstić information content (AvgIpc) is 2.30. The van der Waals surface area contributed by atoms with Crippen molar-refractivity contribution in [2.45, 2.75) is 0 Å². The lowest BCUT2D eigenvalue weighted by molar-refractivity contribution is 0.584. The lowest BCUT2D eigenvalue weighted by Crippen LogP contribution is -2.44. The molecule has 0 radical (unpaired) electrons. The van der Waals surface area contributed by atoms with E-state index in [1.54, 1.807) is 6.20 Å². The second-order valence-corrected chi connectivity index (χ2v) is 3.87. The number of aromatic nitrogens is 2. The third-order valence-electron chi connectivity index (χ3n) is 2.51. The minimum absolute atomic E-state index is 0. The van der Waals surface area contributed by atoms with Gasteiger partial charge in [0.05, 0.1) is 12.4 Å². The van der Waals surface area contributed by atoms with Crippen LogP contribution in [-0.4, -0.2) is 50.2 Å². The van der Waals surface area contributed by atoms with Crippen molar-refractivity contribution < 1.29 is 0 Å². The largest absolute Gasteiger partial charge is 0.361 e. The van der Waals surface area contributed by atoms with Crippen molar-refractivity contribution >= 4 is 36.4 Å². The second kappa shape index (κ2) is 7.53. The molecule has 7 heteroatoms. The lowest BCUT2D eigenvalue weighted by Gasteiger charge is -2.28. The molecule has 0 unspecified atom stereocenters. The molecule has 98 valence electrons. The van der Waals surface area contributed by atoms with Gasteiger partial charge in [0.15, 0.2) is 0 Å². The standard InChI is InChI=1S/C10H17N5.2ClH/c1-14(2)9-7-12-8-10(13-9)15-5-3-11-4-6-15;;/h7-8,11H,3-6H2,1-2H3;2*1H. The molecule has 2 rings (SSSR count). The van der Waals surface area contributed by atoms with Gasteiger partial charge in [-0.1, -0.05) is 0 Å². The minimum Gasteiger partial charge on any atom is -0.361 e. The van der Waals surface area contributed by atoms with Gasteiger partial charge in [-0.2, -0.15) is 0 Å². The number of anilines is 2. The van der Waals surface area contributed by atoms with Crippen LogP contribution in [0.25, 0.3) is 0 Å². The third kappa shape index (κ3) is 4.18. The first-order valence-corrected chi connectivity index (χ1v) is 5.22. The van der Waals surface area contributed by atoms with Crippen molar-refractivity contribution in [1.29, 1.82) is 0 Å². The fraction of sp³-hybridized carbons (Fsp3) is 0.600. The number of rotatable bonds is 2. The van der Waals surface area contributed by atoms with Gasteiger partial charge in [-0.05, 0) is 0 Å². The van der Waals surface area contributed by atoms with E-state index in [1.807, 2.05) is 25.2 Å². The zero-order chi connectivity index (χ0) is 10.7. The van der Waals surface area contributed by atoms with Gasteiger partial charge in [0, 0.05) is 40.3 Å². The predicted molar refractivity (Wildman–Crippen MR) is 75.9 cm³/mol. The topological polar surface area (TPSA) is 44.3 Å². The summed E-state index contributed by atoms with van der Waals surface area (Å²) in [5.74, 6) is 1.88. The highest BCUT2D eigenvalue weighted by molar-refractivity contribution is 5.85. The second-order valence-electron chi connectivity index (χ2n) is 3.87. The van der Waals surface area contributed by atoms with Gasteiger partial charge in [-0.15, -0.1) is 24.8 Å². The molecule has 1 N–H and O–H groups in total. The molecule has 0 spiro atoms. The maximum absolute atomic E-state index is 4.56. The highest BCUT2D eigenvalue weighted by atomic mass is 35.5. The van der Waals surface area contributed by atoms with E-state index >= 15 is 0 Å². The Bertz CT molecular complexity index is 328. The number of nitrogens with one attached hydrogen (secondary N) is 1. The van der Waals surface area contributed by atoms with Crippen LogP contribution in [0.15, 0.2) is 12.4 Å². The molecule has 0 aliphatic carbocycles. The summed E-state index contributed by atoms with van der Waals surface area (Å²) in [5.41, 5.74) is 0. The molecule has 0 atom stereocenters. The Morgan fingerprint density at radius 1 is 1.18 bits per heavy atom. The van der Waals surface area contributed by atoms with E-state index in [1.165, 1.54) is 0 Å². The zero-order valence-corrected chi connectivity index (χ0v) is 11.7. The first-order valence-electron chi connectivity index (χ1n) is 5.22. The Labute approximate surface area is 114 Å². The predicted octanol–water partition coefficient (Wildman–Crippen LogP) is 0.796. The van der Waals surface area contributed by atoms with Crippen LogP contribution in [0, 0.1) is 0 Å². The van der Waals surface area contributed by atoms with E-state index in [-0.39, 0.29) is 24.8 Å². The summed E-state index contributed by atoms with van der Waals surface area (Å²) in [4.78, 5) is 13.0. The number of hydrogen-bond acceptors (Lipinski definition) is 5. The van der Waals surface area contributed by atoms with Crippen molar-refractivity contribution in [3.8, 4) is 0 Å². The fourth-order valence-corrected chi connectivity index (χ4v) is 1.61. The van der Waals surface area contributed by atoms with Gasteiger partial charge < -0.3 is 15.1 Å². The lowest BCUT2D eigenvalue weighted by atomic mass is 10.3. The highest BCUT2D eigenvalue weighted by Gasteiger charge is 2.12. The van der Waals surface area contributed by atoms with E-state index in [2.05, 4.69) is 20.2 Å². The summed E-state index contributed by atoms with van der Waals surface area (Å²) in [6.07, 6.45) is 3.62. The van der Waals surface area contributed by atoms with Gasteiger partial charge in [0.1, 0.15) is 11.6 Å². The molecule has 0 bridgehead atoms. The highest BCUT2D eigenvalue weighted by Crippen LogP contribution is 2.14. The molecule has 1 aliphatic heterocycles. The maximum Gasteiger partial charge on any atom is 0.149 e. The van der Waals surface area contributed by atoms with Crippen LogP contribution in [0.1, 0.15) is 0 Å². The molecule has 17 heavy (non-hydrogen) atoms. The Morgan fingerprint density at radius 2 is 1.82 bits per heavy atom. The molecule has 0 saturated carbocycles. The van der Waals surface area contributed by atoms with Crippen LogP contribution in [0.2, 0.25) is 0 Å². The van der Waals surface area contributed by atoms with Crippen molar-refractivity contribution in [2.75, 3.05) is 50.1 Å². The molecule has 1 saturated heterocycles. The van der Waals surface area contributed by atoms with Crippen LogP contribution >= 0.6 is 24.8 Å². The molecule has 0 amide bonds. The van der Waals surface area contributed by atoms with Crippen molar-refractivity contribution in [1.82, 2.24) is 15.3 Å². The number of piperazine rings is 1. The molecular weight excluding hydrogens is 261 g/mol. The maximum atomic E-state index is 4.56. The summed E-state index contributed by atoms with van der Waals surface area (Å²) in [5, 5.41) is 3.32. The van der Waals surface area contributed by atoms with Crippen molar-refractivity contribution in [2.24, 2.45) is 0 Å². The summed E-state index contributed by atoms with van der Waals surface area (Å²) in [7, 11) is 3.96. The van der Waals surface area contributed by atoms with Gasteiger partial charge in [0.25, 0.3) is 0 Å². The van der Waals surface area contributed by atoms with Crippen LogP contribution in [0.3, 0.4) is 0 Å². The van der Waals surface area contributed by atoms with Gasteiger partial charge in [-0.25, -0.2) is 4.98 Å². The van der Waals surface area contributed by atoms with Gasteiger partial charge in [-0.3, -0.25) is 4.98 Å². The summed E-state index contributed by atoms with van der Waals surface area (Å²) >= 11 is 0. The Morgan fingerprint density at radius 3 is 2.41 bits per heavy atom. The first kappa shape index (κ1) is 16.2. The van der Waals surface area contributed by atoms with E-state index in [0.717, 1.165) is 37.8 Å². The Kier molecular flexibility index (Phi) is 7.18. The van der Waals surface area contributed by atoms with E-state index in [4.69, 9.17) is 0 Å². The minimum atomic E-state index is 0. The normalized spacial score (nSPS) is 14.6. The van der Waals surface area contributed by atoms with Crippen LogP contribution < -0.4 is 15.1 Å². The SMILES string of the molecule is CN(C)c1cncc(N2CCNCC2)n1.Cl.Cl. The van der Waals surface area contributed by atoms with Crippen LogP contribution in [-0.2, 0) is 0 Å². The van der Waals surface area contributed by atoms with Crippen LogP contribution in [0.5, 0.6) is 0 Å². The van der Waals surface area contributed by atoms with Gasteiger partial charge >= 0.3 is 0 Å². The Hall–Kier alpha value is -0.780. The molecule has 2 heterocycles. The smallest absolute Gasteiger partial charge is 0.149 e. The van der Waals surface area contributed by atoms with Gasteiger partial charge in [0.2, 0.25) is 0 Å². The summed E-state index contributed by atoms with van der Waals surface area (Å²) < 4.78 is 0. The Balaban J connectivity index is 0.00000128. The van der Waals surface area contributed by atoms with Crippen molar-refractivity contribution in [3.05, 3.63) is 12.4 Å². The van der Waals surface area contributed by atoms with Crippen molar-refractivity contribution in [3.63, 3.8) is 0 Å². The molecule has 1 fully saturated rings. The molecule has 1 aliphatic rings. The molecular formula is C10H19Cl2N5. The number of nitrogens with zero attached hydrogens (tertiary/aromatic N) is 4. The molecule has 1 aromatic rings.